The zero-order valence-electron chi connectivity index (χ0n) is 13.5. The van der Waals surface area contributed by atoms with Gasteiger partial charge in [-0.3, -0.25) is 4.72 Å². The van der Waals surface area contributed by atoms with Gasteiger partial charge in [0.1, 0.15) is 5.82 Å². The van der Waals surface area contributed by atoms with Crippen molar-refractivity contribution in [1.29, 1.82) is 0 Å². The van der Waals surface area contributed by atoms with Gasteiger partial charge >= 0.3 is 0 Å². The van der Waals surface area contributed by atoms with E-state index in [1.165, 1.54) is 0 Å². The average Bonchev–Trinajstić information content (AvgIpc) is 3.08. The van der Waals surface area contributed by atoms with Gasteiger partial charge in [-0.1, -0.05) is 17.7 Å². The Bertz CT molecular complexity index is 768. The Balaban J connectivity index is 1.61. The van der Waals surface area contributed by atoms with E-state index in [0.717, 1.165) is 37.2 Å². The highest BCUT2D eigenvalue weighted by atomic mass is 32.2. The number of sulfonamides is 1. The summed E-state index contributed by atoms with van der Waals surface area (Å²) in [6, 6.07) is 10.1. The Morgan fingerprint density at radius 1 is 1.21 bits per heavy atom. The van der Waals surface area contributed by atoms with Gasteiger partial charge in [0, 0.05) is 13.2 Å². The molecule has 1 atom stereocenters. The van der Waals surface area contributed by atoms with Crippen molar-refractivity contribution in [3.8, 4) is 0 Å². The molecule has 0 spiro atoms. The monoisotopic (exact) mass is 347 g/mol. The summed E-state index contributed by atoms with van der Waals surface area (Å²) in [5, 5.41) is 3.25. The van der Waals surface area contributed by atoms with E-state index in [1.807, 2.05) is 6.92 Å². The Labute approximate surface area is 142 Å². The van der Waals surface area contributed by atoms with Crippen LogP contribution in [0, 0.1) is 6.92 Å². The molecule has 128 valence electrons. The van der Waals surface area contributed by atoms with Crippen LogP contribution in [-0.2, 0) is 14.8 Å². The van der Waals surface area contributed by atoms with Gasteiger partial charge in [0.05, 0.1) is 22.9 Å². The summed E-state index contributed by atoms with van der Waals surface area (Å²) in [6.45, 7) is 3.47. The number of nitrogens with zero attached hydrogens (tertiary/aromatic N) is 1. The minimum absolute atomic E-state index is 0.218. The maximum Gasteiger partial charge on any atom is 0.263 e. The Morgan fingerprint density at radius 2 is 2.00 bits per heavy atom. The summed E-state index contributed by atoms with van der Waals surface area (Å²) in [4.78, 5) is 4.38. The van der Waals surface area contributed by atoms with Crippen molar-refractivity contribution in [2.75, 3.05) is 23.2 Å². The highest BCUT2D eigenvalue weighted by molar-refractivity contribution is 7.92. The molecule has 6 nitrogen and oxygen atoms in total. The van der Waals surface area contributed by atoms with Crippen molar-refractivity contribution in [3.05, 3.63) is 48.2 Å². The zero-order chi connectivity index (χ0) is 17.0. The fraction of sp³-hybridized carbons (Fsp3) is 0.353. The third kappa shape index (κ3) is 4.24. The van der Waals surface area contributed by atoms with E-state index in [2.05, 4.69) is 15.0 Å². The molecule has 0 amide bonds. The molecular weight excluding hydrogens is 326 g/mol. The number of hydrogen-bond acceptors (Lipinski definition) is 5. The lowest BCUT2D eigenvalue weighted by molar-refractivity contribution is 0.120. The molecule has 1 aliphatic heterocycles. The van der Waals surface area contributed by atoms with Crippen molar-refractivity contribution < 1.29 is 13.2 Å². The van der Waals surface area contributed by atoms with Gasteiger partial charge < -0.3 is 10.1 Å². The van der Waals surface area contributed by atoms with Crippen LogP contribution in [0.5, 0.6) is 0 Å². The molecule has 1 fully saturated rings. The van der Waals surface area contributed by atoms with E-state index < -0.39 is 10.0 Å². The van der Waals surface area contributed by atoms with Crippen LogP contribution in [0.3, 0.4) is 0 Å². The molecule has 1 aromatic heterocycles. The molecule has 1 saturated heterocycles. The molecule has 0 bridgehead atoms. The van der Waals surface area contributed by atoms with Crippen LogP contribution in [0.1, 0.15) is 18.4 Å². The molecule has 2 aromatic rings. The van der Waals surface area contributed by atoms with E-state index in [-0.39, 0.29) is 11.0 Å². The van der Waals surface area contributed by atoms with Gasteiger partial charge in [-0.15, -0.1) is 0 Å². The molecule has 0 radical (unpaired) electrons. The third-order valence-electron chi connectivity index (χ3n) is 3.89. The van der Waals surface area contributed by atoms with E-state index in [4.69, 9.17) is 4.74 Å². The zero-order valence-corrected chi connectivity index (χ0v) is 14.3. The smallest absolute Gasteiger partial charge is 0.263 e. The van der Waals surface area contributed by atoms with E-state index in [9.17, 15) is 8.42 Å². The van der Waals surface area contributed by atoms with Crippen LogP contribution in [0.4, 0.5) is 11.5 Å². The number of benzene rings is 1. The molecule has 1 aromatic carbocycles. The maximum absolute atomic E-state index is 12.3. The van der Waals surface area contributed by atoms with Gasteiger partial charge in [-0.25, -0.2) is 13.4 Å². The largest absolute Gasteiger partial charge is 0.381 e. The second kappa shape index (κ2) is 7.19. The van der Waals surface area contributed by atoms with Crippen LogP contribution in [0.25, 0.3) is 0 Å². The first-order valence-corrected chi connectivity index (χ1v) is 9.42. The van der Waals surface area contributed by atoms with Crippen molar-refractivity contribution in [2.45, 2.75) is 30.8 Å². The lowest BCUT2D eigenvalue weighted by atomic mass is 10.2. The standard InChI is InChI=1S/C17H21N3O3S/c1-13-4-7-16(8-5-13)24(21,22)20-17-9-6-14(11-19-17)18-12-15-3-2-10-23-15/h4-9,11,15,18H,2-3,10,12H2,1H3,(H,19,20). The van der Waals surface area contributed by atoms with Gasteiger partial charge in [-0.05, 0) is 44.0 Å². The number of rotatable bonds is 6. The van der Waals surface area contributed by atoms with Gasteiger partial charge in [0.25, 0.3) is 10.0 Å². The molecule has 1 unspecified atom stereocenters. The Kier molecular flexibility index (Phi) is 5.01. The molecule has 24 heavy (non-hydrogen) atoms. The lowest BCUT2D eigenvalue weighted by Crippen LogP contribution is -2.18. The first-order valence-electron chi connectivity index (χ1n) is 7.94. The predicted octanol–water partition coefficient (Wildman–Crippen LogP) is 2.78. The Hall–Kier alpha value is -2.12. The minimum Gasteiger partial charge on any atom is -0.381 e. The molecule has 0 aliphatic carbocycles. The normalized spacial score (nSPS) is 17.6. The molecule has 7 heteroatoms. The van der Waals surface area contributed by atoms with Crippen LogP contribution < -0.4 is 10.0 Å². The molecule has 2 N–H and O–H groups in total. The van der Waals surface area contributed by atoms with Crippen LogP contribution >= 0.6 is 0 Å². The highest BCUT2D eigenvalue weighted by Crippen LogP contribution is 2.17. The molecule has 0 saturated carbocycles. The van der Waals surface area contributed by atoms with Gasteiger partial charge in [0.2, 0.25) is 0 Å². The second-order valence-electron chi connectivity index (χ2n) is 5.87. The first-order chi connectivity index (χ1) is 11.5. The quantitative estimate of drug-likeness (QED) is 0.840. The van der Waals surface area contributed by atoms with Crippen molar-refractivity contribution in [3.63, 3.8) is 0 Å². The number of aryl methyl sites for hydroxylation is 1. The van der Waals surface area contributed by atoms with Gasteiger partial charge in [-0.2, -0.15) is 0 Å². The molecule has 1 aliphatic rings. The van der Waals surface area contributed by atoms with Crippen LogP contribution in [0.15, 0.2) is 47.5 Å². The van der Waals surface area contributed by atoms with Crippen LogP contribution in [0.2, 0.25) is 0 Å². The SMILES string of the molecule is Cc1ccc(S(=O)(=O)Nc2ccc(NCC3CCCO3)cn2)cc1. The predicted molar refractivity (Wildman–Crippen MR) is 93.7 cm³/mol. The van der Waals surface area contributed by atoms with Gasteiger partial charge in [0.15, 0.2) is 0 Å². The number of aromatic nitrogens is 1. The number of anilines is 2. The second-order valence-corrected chi connectivity index (χ2v) is 7.55. The van der Waals surface area contributed by atoms with Crippen molar-refractivity contribution in [2.24, 2.45) is 0 Å². The third-order valence-corrected chi connectivity index (χ3v) is 5.26. The van der Waals surface area contributed by atoms with Crippen LogP contribution in [-0.4, -0.2) is 32.7 Å². The molecular formula is C17H21N3O3S. The van der Waals surface area contributed by atoms with E-state index in [1.54, 1.807) is 42.6 Å². The summed E-state index contributed by atoms with van der Waals surface area (Å²) in [7, 11) is -3.62. The summed E-state index contributed by atoms with van der Waals surface area (Å²) in [5.41, 5.74) is 1.84. The molecule has 2 heterocycles. The summed E-state index contributed by atoms with van der Waals surface area (Å²) < 4.78 is 32.7. The molecule has 3 rings (SSSR count). The lowest BCUT2D eigenvalue weighted by Gasteiger charge is -2.12. The van der Waals surface area contributed by atoms with Crippen molar-refractivity contribution in [1.82, 2.24) is 4.98 Å². The van der Waals surface area contributed by atoms with E-state index >= 15 is 0 Å². The number of pyridine rings is 1. The number of hydrogen-bond donors (Lipinski definition) is 2. The number of nitrogens with one attached hydrogen (secondary N) is 2. The topological polar surface area (TPSA) is 80.3 Å². The highest BCUT2D eigenvalue weighted by Gasteiger charge is 2.16. The minimum atomic E-state index is -3.62. The first kappa shape index (κ1) is 16.7. The maximum atomic E-state index is 12.3. The average molecular weight is 347 g/mol. The number of ether oxygens (including phenoxy) is 1. The summed E-state index contributed by atoms with van der Waals surface area (Å²) in [6.07, 6.45) is 4.02. The summed E-state index contributed by atoms with van der Waals surface area (Å²) >= 11 is 0. The fourth-order valence-electron chi connectivity index (χ4n) is 2.51. The summed E-state index contributed by atoms with van der Waals surface area (Å²) in [5.74, 6) is 0.290. The fourth-order valence-corrected chi connectivity index (χ4v) is 3.52. The van der Waals surface area contributed by atoms with E-state index in [0.29, 0.717) is 5.82 Å². The van der Waals surface area contributed by atoms with Crippen molar-refractivity contribution >= 4 is 21.5 Å². The Morgan fingerprint density at radius 3 is 2.62 bits per heavy atom.